The lowest BCUT2D eigenvalue weighted by Gasteiger charge is -2.17. The van der Waals surface area contributed by atoms with E-state index < -0.39 is 0 Å². The molecule has 1 aromatic heterocycles. The van der Waals surface area contributed by atoms with Crippen molar-refractivity contribution in [1.29, 1.82) is 0 Å². The Hall–Kier alpha value is -1.65. The fourth-order valence-corrected chi connectivity index (χ4v) is 3.43. The van der Waals surface area contributed by atoms with Crippen LogP contribution in [-0.2, 0) is 6.42 Å². The molecule has 0 radical (unpaired) electrons. The van der Waals surface area contributed by atoms with E-state index in [1.807, 2.05) is 13.1 Å². The lowest BCUT2D eigenvalue weighted by atomic mass is 9.95. The van der Waals surface area contributed by atoms with Gasteiger partial charge in [0.2, 0.25) is 0 Å². The minimum absolute atomic E-state index is 0.0551. The van der Waals surface area contributed by atoms with Gasteiger partial charge in [-0.25, -0.2) is 0 Å². The third kappa shape index (κ3) is 2.49. The third-order valence-electron chi connectivity index (χ3n) is 3.79. The number of thiophene rings is 1. The van der Waals surface area contributed by atoms with Crippen molar-refractivity contribution in [2.75, 3.05) is 13.6 Å². The van der Waals surface area contributed by atoms with Crippen LogP contribution in [0.3, 0.4) is 0 Å². The third-order valence-corrected chi connectivity index (χ3v) is 4.49. The molecule has 0 bridgehead atoms. The number of aryl methyl sites for hydroxylation is 1. The lowest BCUT2D eigenvalue weighted by Crippen LogP contribution is -2.23. The van der Waals surface area contributed by atoms with Gasteiger partial charge in [-0.2, -0.15) is 11.3 Å². The number of nitrogens with one attached hydrogen (secondary N) is 2. The summed E-state index contributed by atoms with van der Waals surface area (Å²) in [6.45, 7) is 0.767. The van der Waals surface area contributed by atoms with Crippen LogP contribution in [-0.4, -0.2) is 19.5 Å². The summed E-state index contributed by atoms with van der Waals surface area (Å²) >= 11 is 1.69. The molecule has 0 aliphatic carbocycles. The molecule has 104 valence electrons. The maximum absolute atomic E-state index is 12.1. The highest BCUT2D eigenvalue weighted by Gasteiger charge is 2.19. The Bertz CT molecular complexity index is 607. The smallest absolute Gasteiger partial charge is 0.251 e. The Morgan fingerprint density at radius 2 is 2.20 bits per heavy atom. The molecule has 1 aliphatic rings. The largest absolute Gasteiger partial charge is 0.352 e. The SMILES string of the molecule is CNC(c1ccsc1)c1ccc2c(c1)C(=O)NCCC2. The van der Waals surface area contributed by atoms with Crippen molar-refractivity contribution in [1.82, 2.24) is 10.6 Å². The molecule has 1 unspecified atom stereocenters. The topological polar surface area (TPSA) is 41.1 Å². The van der Waals surface area contributed by atoms with Crippen molar-refractivity contribution in [2.45, 2.75) is 18.9 Å². The molecule has 1 aliphatic heterocycles. The van der Waals surface area contributed by atoms with E-state index >= 15 is 0 Å². The second-order valence-electron chi connectivity index (χ2n) is 5.05. The van der Waals surface area contributed by atoms with Gasteiger partial charge in [-0.05, 0) is 59.5 Å². The number of hydrogen-bond donors (Lipinski definition) is 2. The molecule has 0 fully saturated rings. The maximum Gasteiger partial charge on any atom is 0.251 e. The van der Waals surface area contributed by atoms with Crippen molar-refractivity contribution >= 4 is 17.2 Å². The number of hydrogen-bond acceptors (Lipinski definition) is 3. The monoisotopic (exact) mass is 286 g/mol. The fraction of sp³-hybridized carbons (Fsp3) is 0.312. The van der Waals surface area contributed by atoms with Gasteiger partial charge in [0.1, 0.15) is 0 Å². The van der Waals surface area contributed by atoms with Gasteiger partial charge in [-0.3, -0.25) is 4.79 Å². The highest BCUT2D eigenvalue weighted by atomic mass is 32.1. The van der Waals surface area contributed by atoms with Crippen molar-refractivity contribution in [3.05, 3.63) is 57.3 Å². The minimum Gasteiger partial charge on any atom is -0.352 e. The molecule has 0 saturated heterocycles. The lowest BCUT2D eigenvalue weighted by molar-refractivity contribution is 0.0956. The van der Waals surface area contributed by atoms with Gasteiger partial charge in [0.25, 0.3) is 5.91 Å². The molecule has 2 heterocycles. The van der Waals surface area contributed by atoms with E-state index in [9.17, 15) is 4.79 Å². The van der Waals surface area contributed by atoms with Crippen molar-refractivity contribution in [3.8, 4) is 0 Å². The van der Waals surface area contributed by atoms with Crippen LogP contribution in [0.1, 0.15) is 39.5 Å². The molecule has 1 atom stereocenters. The molecule has 1 aromatic carbocycles. The summed E-state index contributed by atoms with van der Waals surface area (Å²) < 4.78 is 0. The molecular formula is C16H18N2OS. The standard InChI is InChI=1S/C16H18N2OS/c1-17-15(13-6-8-20-10-13)12-5-4-11-3-2-7-18-16(19)14(11)9-12/h4-6,8-10,15,17H,2-3,7H2,1H3,(H,18,19). The van der Waals surface area contributed by atoms with E-state index in [4.69, 9.17) is 0 Å². The van der Waals surface area contributed by atoms with Crippen LogP contribution in [0.25, 0.3) is 0 Å². The first-order chi connectivity index (χ1) is 9.79. The summed E-state index contributed by atoms with van der Waals surface area (Å²) in [6.07, 6.45) is 1.98. The first-order valence-corrected chi connectivity index (χ1v) is 7.84. The van der Waals surface area contributed by atoms with Crippen LogP contribution in [0.5, 0.6) is 0 Å². The van der Waals surface area contributed by atoms with Crippen LogP contribution in [0.4, 0.5) is 0 Å². The molecule has 3 rings (SSSR count). The summed E-state index contributed by atoms with van der Waals surface area (Å²) in [6, 6.07) is 8.54. The summed E-state index contributed by atoms with van der Waals surface area (Å²) in [5, 5.41) is 10.5. The summed E-state index contributed by atoms with van der Waals surface area (Å²) in [4.78, 5) is 12.1. The number of carbonyl (C=O) groups is 1. The van der Waals surface area contributed by atoms with Gasteiger partial charge >= 0.3 is 0 Å². The van der Waals surface area contributed by atoms with Gasteiger partial charge in [0, 0.05) is 12.1 Å². The van der Waals surface area contributed by atoms with Gasteiger partial charge in [-0.1, -0.05) is 12.1 Å². The molecule has 20 heavy (non-hydrogen) atoms. The van der Waals surface area contributed by atoms with E-state index in [0.29, 0.717) is 0 Å². The zero-order valence-electron chi connectivity index (χ0n) is 11.5. The van der Waals surface area contributed by atoms with E-state index in [1.54, 1.807) is 11.3 Å². The van der Waals surface area contributed by atoms with Crippen LogP contribution >= 0.6 is 11.3 Å². The highest BCUT2D eigenvalue weighted by molar-refractivity contribution is 7.08. The second kappa shape index (κ2) is 5.77. The number of amides is 1. The molecule has 1 amide bonds. The van der Waals surface area contributed by atoms with Crippen molar-refractivity contribution in [2.24, 2.45) is 0 Å². The van der Waals surface area contributed by atoms with Gasteiger partial charge < -0.3 is 10.6 Å². The van der Waals surface area contributed by atoms with E-state index in [-0.39, 0.29) is 11.9 Å². The fourth-order valence-electron chi connectivity index (χ4n) is 2.74. The summed E-state index contributed by atoms with van der Waals surface area (Å²) in [7, 11) is 1.95. The average molecular weight is 286 g/mol. The average Bonchev–Trinajstić information content (AvgIpc) is 2.92. The predicted octanol–water partition coefficient (Wildman–Crippen LogP) is 2.73. The zero-order chi connectivity index (χ0) is 13.9. The molecule has 0 saturated carbocycles. The Morgan fingerprint density at radius 3 is 2.95 bits per heavy atom. The van der Waals surface area contributed by atoms with E-state index in [0.717, 1.165) is 36.1 Å². The highest BCUT2D eigenvalue weighted by Crippen LogP contribution is 2.26. The Morgan fingerprint density at radius 1 is 1.30 bits per heavy atom. The first-order valence-electron chi connectivity index (χ1n) is 6.90. The molecule has 2 aromatic rings. The van der Waals surface area contributed by atoms with Crippen LogP contribution < -0.4 is 10.6 Å². The molecule has 4 heteroatoms. The van der Waals surface area contributed by atoms with Crippen molar-refractivity contribution in [3.63, 3.8) is 0 Å². The quantitative estimate of drug-likeness (QED) is 0.911. The second-order valence-corrected chi connectivity index (χ2v) is 5.83. The first kappa shape index (κ1) is 13.3. The van der Waals surface area contributed by atoms with Gasteiger partial charge in [0.05, 0.1) is 6.04 Å². The Labute approximate surface area is 123 Å². The van der Waals surface area contributed by atoms with Crippen LogP contribution in [0.15, 0.2) is 35.0 Å². The van der Waals surface area contributed by atoms with Crippen LogP contribution in [0, 0.1) is 0 Å². The van der Waals surface area contributed by atoms with Crippen LogP contribution in [0.2, 0.25) is 0 Å². The molecular weight excluding hydrogens is 268 g/mol. The molecule has 2 N–H and O–H groups in total. The summed E-state index contributed by atoms with van der Waals surface area (Å²) in [5.41, 5.74) is 4.37. The van der Waals surface area contributed by atoms with E-state index in [1.165, 1.54) is 5.56 Å². The Kier molecular flexibility index (Phi) is 3.85. The number of carbonyl (C=O) groups excluding carboxylic acids is 1. The van der Waals surface area contributed by atoms with Crippen molar-refractivity contribution < 1.29 is 4.79 Å². The van der Waals surface area contributed by atoms with E-state index in [2.05, 4.69) is 39.6 Å². The molecule has 0 spiro atoms. The number of benzene rings is 1. The Balaban J connectivity index is 2.00. The predicted molar refractivity (Wildman–Crippen MR) is 82.3 cm³/mol. The number of fused-ring (bicyclic) bond motifs is 1. The summed E-state index contributed by atoms with van der Waals surface area (Å²) in [5.74, 6) is 0.0551. The zero-order valence-corrected chi connectivity index (χ0v) is 12.3. The van der Waals surface area contributed by atoms with Gasteiger partial charge in [0.15, 0.2) is 0 Å². The molecule has 3 nitrogen and oxygen atoms in total. The maximum atomic E-state index is 12.1. The normalized spacial score (nSPS) is 16.1. The minimum atomic E-state index is 0.0551. The number of rotatable bonds is 3. The van der Waals surface area contributed by atoms with Gasteiger partial charge in [-0.15, -0.1) is 0 Å².